The van der Waals surface area contributed by atoms with Gasteiger partial charge in [0.15, 0.2) is 0 Å². The number of rotatable bonds is 3. The van der Waals surface area contributed by atoms with Gasteiger partial charge in [0.1, 0.15) is 0 Å². The minimum absolute atomic E-state index is 0. The third-order valence-electron chi connectivity index (χ3n) is 0.852. The standard InChI is InChI=1S/C4H10N3P.U/c1-4(3-5)8(6)7-2;/h3-6,8H,2H2,1H3;. The molecule has 0 aromatic carbocycles. The van der Waals surface area contributed by atoms with Crippen molar-refractivity contribution in [1.29, 1.82) is 10.6 Å². The zero-order chi connectivity index (χ0) is 6.57. The quantitative estimate of drug-likeness (QED) is 0.561. The molecule has 0 aliphatic heterocycles. The summed E-state index contributed by atoms with van der Waals surface area (Å²) >= 11 is 0. The smallest absolute Gasteiger partial charge is 0.0660 e. The first-order chi connectivity index (χ1) is 3.72. The Hall–Kier alpha value is 0.622. The van der Waals surface area contributed by atoms with Gasteiger partial charge in [-0.05, 0) is 6.72 Å². The predicted molar refractivity (Wildman–Crippen MR) is 38.8 cm³/mol. The summed E-state index contributed by atoms with van der Waals surface area (Å²) in [5, 5.41) is 13.9. The summed E-state index contributed by atoms with van der Waals surface area (Å²) in [6, 6.07) is 0. The van der Waals surface area contributed by atoms with Gasteiger partial charge in [0, 0.05) is 43.0 Å². The maximum absolute atomic E-state index is 7.15. The summed E-state index contributed by atoms with van der Waals surface area (Å²) in [5.74, 6) is 0. The van der Waals surface area contributed by atoms with Crippen LogP contribution in [0.4, 0.5) is 0 Å². The fraction of sp³-hybridized carbons (Fsp3) is 0.500. The maximum Gasteiger partial charge on any atom is 0.0660 e. The Balaban J connectivity index is 0. The van der Waals surface area contributed by atoms with Crippen LogP contribution in [0.15, 0.2) is 4.76 Å². The van der Waals surface area contributed by atoms with Crippen LogP contribution in [0, 0.1) is 41.7 Å². The molecule has 0 aliphatic rings. The van der Waals surface area contributed by atoms with Crippen molar-refractivity contribution >= 4 is 20.8 Å². The van der Waals surface area contributed by atoms with Crippen molar-refractivity contribution in [3.63, 3.8) is 0 Å². The maximum atomic E-state index is 7.15. The average molecular weight is 369 g/mol. The van der Waals surface area contributed by atoms with Gasteiger partial charge in [-0.25, -0.2) is 0 Å². The Morgan fingerprint density at radius 2 is 2.22 bits per heavy atom. The first-order valence-electron chi connectivity index (χ1n) is 2.28. The molecule has 0 amide bonds. The Morgan fingerprint density at radius 3 is 2.33 bits per heavy atom. The van der Waals surface area contributed by atoms with E-state index >= 15 is 0 Å². The van der Waals surface area contributed by atoms with Gasteiger partial charge in [-0.3, -0.25) is 9.92 Å². The summed E-state index contributed by atoms with van der Waals surface area (Å²) in [5.41, 5.74) is -0.00231. The van der Waals surface area contributed by atoms with Crippen LogP contribution in [0.25, 0.3) is 0 Å². The van der Waals surface area contributed by atoms with Crippen molar-refractivity contribution in [2.45, 2.75) is 12.6 Å². The Morgan fingerprint density at radius 1 is 1.78 bits per heavy atom. The summed E-state index contributed by atoms with van der Waals surface area (Å²) in [6.07, 6.45) is 1.25. The molecule has 5 heteroatoms. The average Bonchev–Trinajstić information content (AvgIpc) is 1.84. The van der Waals surface area contributed by atoms with Gasteiger partial charge in [0.2, 0.25) is 0 Å². The summed E-state index contributed by atoms with van der Waals surface area (Å²) < 4.78 is 3.53. The Bertz CT molecular complexity index is 125. The van der Waals surface area contributed by atoms with Crippen LogP contribution < -0.4 is 0 Å². The normalized spacial score (nSPS) is 14.8. The fourth-order valence-electron chi connectivity index (χ4n) is 0.223. The van der Waals surface area contributed by atoms with Crippen LogP contribution in [0.5, 0.6) is 0 Å². The van der Waals surface area contributed by atoms with Gasteiger partial charge in [0.05, 0.1) is 7.86 Å². The molecule has 9 heavy (non-hydrogen) atoms. The molecule has 50 valence electrons. The zero-order valence-corrected chi connectivity index (χ0v) is 10.5. The molecule has 0 aliphatic carbocycles. The number of hydrogen-bond acceptors (Lipinski definition) is 2. The summed E-state index contributed by atoms with van der Waals surface area (Å²) in [6.45, 7) is 5.04. The molecular weight excluding hydrogens is 359 g/mol. The van der Waals surface area contributed by atoms with E-state index in [1.807, 2.05) is 6.92 Å². The molecule has 2 N–H and O–H groups in total. The number of nitrogens with zero attached hydrogens (tertiary/aromatic N) is 1. The Kier molecular flexibility index (Phi) is 9.22. The molecule has 0 rings (SSSR count). The van der Waals surface area contributed by atoms with Crippen molar-refractivity contribution in [3.05, 3.63) is 0 Å². The third kappa shape index (κ3) is 5.09. The van der Waals surface area contributed by atoms with Crippen LogP contribution >= 0.6 is 7.86 Å². The molecule has 0 heterocycles. The molecule has 0 radical (unpaired) electrons. The van der Waals surface area contributed by atoms with Crippen molar-refractivity contribution in [2.75, 3.05) is 0 Å². The minimum Gasteiger partial charge on any atom is -0.312 e. The van der Waals surface area contributed by atoms with Gasteiger partial charge in [0.25, 0.3) is 0 Å². The van der Waals surface area contributed by atoms with Crippen LogP contribution in [0.1, 0.15) is 6.92 Å². The van der Waals surface area contributed by atoms with E-state index in [4.69, 9.17) is 10.6 Å². The zero-order valence-electron chi connectivity index (χ0n) is 5.31. The van der Waals surface area contributed by atoms with Gasteiger partial charge in [-0.1, -0.05) is 6.92 Å². The first-order valence-corrected chi connectivity index (χ1v) is 3.80. The first kappa shape index (κ1) is 12.3. The third-order valence-corrected chi connectivity index (χ3v) is 2.22. The van der Waals surface area contributed by atoms with E-state index in [0.29, 0.717) is 0 Å². The molecule has 0 aromatic heterocycles. The van der Waals surface area contributed by atoms with Gasteiger partial charge < -0.3 is 5.41 Å². The van der Waals surface area contributed by atoms with Crippen LogP contribution in [-0.4, -0.2) is 18.6 Å². The van der Waals surface area contributed by atoms with Crippen LogP contribution in [0.2, 0.25) is 0 Å². The van der Waals surface area contributed by atoms with Crippen molar-refractivity contribution in [3.8, 4) is 0 Å². The number of nitrogens with one attached hydrogen (secondary N) is 2. The molecular formula is C4H10N3PU. The summed E-state index contributed by atoms with van der Waals surface area (Å²) in [4.78, 5) is 0. The van der Waals surface area contributed by atoms with E-state index in [2.05, 4.69) is 11.5 Å². The minimum atomic E-state index is -1.44. The van der Waals surface area contributed by atoms with E-state index in [1.54, 1.807) is 0 Å². The SMILES string of the molecule is C=N[PH](=N)C(C)C=N.[U]. The molecule has 2 unspecified atom stereocenters. The van der Waals surface area contributed by atoms with Gasteiger partial charge in [-0.2, -0.15) is 0 Å². The van der Waals surface area contributed by atoms with Crippen molar-refractivity contribution in [1.82, 2.24) is 0 Å². The summed E-state index contributed by atoms with van der Waals surface area (Å²) in [7, 11) is -1.44. The largest absolute Gasteiger partial charge is 0.312 e. The molecule has 0 saturated heterocycles. The Labute approximate surface area is 79.5 Å². The predicted octanol–water partition coefficient (Wildman–Crippen LogP) is 1.62. The van der Waals surface area contributed by atoms with Crippen molar-refractivity contribution in [2.24, 2.45) is 4.76 Å². The monoisotopic (exact) mass is 369 g/mol. The van der Waals surface area contributed by atoms with E-state index in [1.165, 1.54) is 6.21 Å². The van der Waals surface area contributed by atoms with Crippen LogP contribution in [-0.2, 0) is 0 Å². The number of hydrogen-bond donors (Lipinski definition) is 2. The molecule has 0 fully saturated rings. The van der Waals surface area contributed by atoms with E-state index < -0.39 is 7.86 Å². The topological polar surface area (TPSA) is 60.1 Å². The van der Waals surface area contributed by atoms with Gasteiger partial charge in [-0.15, -0.1) is 0 Å². The second-order valence-corrected chi connectivity index (χ2v) is 3.50. The molecule has 3 nitrogen and oxygen atoms in total. The molecule has 2 atom stereocenters. The van der Waals surface area contributed by atoms with Crippen molar-refractivity contribution < 1.29 is 31.1 Å². The van der Waals surface area contributed by atoms with Gasteiger partial charge >= 0.3 is 0 Å². The second-order valence-electron chi connectivity index (χ2n) is 1.50. The second kappa shape index (κ2) is 6.74. The van der Waals surface area contributed by atoms with Crippen LogP contribution in [0.3, 0.4) is 0 Å². The molecule has 0 bridgehead atoms. The van der Waals surface area contributed by atoms with E-state index in [-0.39, 0.29) is 36.8 Å². The van der Waals surface area contributed by atoms with E-state index in [0.717, 1.165) is 0 Å². The molecule has 0 spiro atoms. The fourth-order valence-corrected chi connectivity index (χ4v) is 0.669. The molecule has 0 saturated carbocycles. The van der Waals surface area contributed by atoms with E-state index in [9.17, 15) is 0 Å². The molecule has 0 aromatic rings.